The lowest BCUT2D eigenvalue weighted by Gasteiger charge is -2.23. The van der Waals surface area contributed by atoms with Crippen molar-refractivity contribution in [2.24, 2.45) is 4.99 Å². The number of ether oxygens (including phenoxy) is 1. The van der Waals surface area contributed by atoms with E-state index >= 15 is 0 Å². The number of nitrogens with zero attached hydrogens (tertiary/aromatic N) is 2. The number of halogens is 1. The Balaban J connectivity index is 0.00000625. The van der Waals surface area contributed by atoms with Gasteiger partial charge in [-0.15, -0.1) is 24.0 Å². The quantitative estimate of drug-likeness (QED) is 0.357. The molecule has 0 saturated heterocycles. The van der Waals surface area contributed by atoms with E-state index in [1.165, 1.54) is 0 Å². The second-order valence-electron chi connectivity index (χ2n) is 6.87. The largest absolute Gasteiger partial charge is 0.497 e. The molecular weight excluding hydrogens is 465 g/mol. The van der Waals surface area contributed by atoms with E-state index in [1.54, 1.807) is 27.9 Å². The molecule has 6 nitrogen and oxygen atoms in total. The molecule has 0 bridgehead atoms. The molecule has 0 aromatic heterocycles. The number of benzene rings is 1. The summed E-state index contributed by atoms with van der Waals surface area (Å²) in [6, 6.07) is 7.85. The molecule has 0 heterocycles. The highest BCUT2D eigenvalue weighted by Gasteiger charge is 2.28. The summed E-state index contributed by atoms with van der Waals surface area (Å²) < 4.78 is 28.8. The standard InChI is InChI=1S/C18H31N3O3S.HI/c1-7-19-17(20-12-13-25(22,23)18(2,3)4)21(5)14-15-8-10-16(24-6)11-9-15;/h8-11H,7,12-14H2,1-6H3,(H,19,20);1H. The first-order valence-electron chi connectivity index (χ1n) is 8.45. The van der Waals surface area contributed by atoms with Crippen LogP contribution in [-0.4, -0.2) is 57.0 Å². The van der Waals surface area contributed by atoms with Gasteiger partial charge >= 0.3 is 0 Å². The van der Waals surface area contributed by atoms with Crippen molar-refractivity contribution in [3.63, 3.8) is 0 Å². The monoisotopic (exact) mass is 497 g/mol. The second kappa shape index (κ2) is 11.0. The zero-order valence-corrected chi connectivity index (χ0v) is 19.7. The third-order valence-corrected chi connectivity index (χ3v) is 6.42. The van der Waals surface area contributed by atoms with Crippen molar-refractivity contribution < 1.29 is 13.2 Å². The van der Waals surface area contributed by atoms with Crippen molar-refractivity contribution in [2.45, 2.75) is 39.0 Å². The summed E-state index contributed by atoms with van der Waals surface area (Å²) in [5.41, 5.74) is 1.12. The average Bonchev–Trinajstić information content (AvgIpc) is 2.53. The smallest absolute Gasteiger partial charge is 0.193 e. The third-order valence-electron chi connectivity index (χ3n) is 3.83. The highest BCUT2D eigenvalue weighted by molar-refractivity contribution is 14.0. The van der Waals surface area contributed by atoms with Crippen LogP contribution >= 0.6 is 24.0 Å². The summed E-state index contributed by atoms with van der Waals surface area (Å²) in [6.45, 7) is 8.77. The van der Waals surface area contributed by atoms with Crippen molar-refractivity contribution in [1.29, 1.82) is 0 Å². The summed E-state index contributed by atoms with van der Waals surface area (Å²) in [5, 5.41) is 3.21. The van der Waals surface area contributed by atoms with E-state index in [4.69, 9.17) is 4.74 Å². The minimum atomic E-state index is -3.17. The maximum atomic E-state index is 12.2. The Hall–Kier alpha value is -1.03. The van der Waals surface area contributed by atoms with Crippen LogP contribution in [0, 0.1) is 0 Å². The van der Waals surface area contributed by atoms with Crippen molar-refractivity contribution >= 4 is 39.8 Å². The molecule has 0 amide bonds. The van der Waals surface area contributed by atoms with Gasteiger partial charge in [0.05, 0.1) is 24.2 Å². The Morgan fingerprint density at radius 2 is 1.81 bits per heavy atom. The third kappa shape index (κ3) is 7.69. The molecule has 0 atom stereocenters. The molecule has 0 saturated carbocycles. The molecule has 0 radical (unpaired) electrons. The SMILES string of the molecule is CCNC(=NCCS(=O)(=O)C(C)(C)C)N(C)Cc1ccc(OC)cc1.I. The molecule has 26 heavy (non-hydrogen) atoms. The van der Waals surface area contributed by atoms with Crippen LogP contribution in [0.25, 0.3) is 0 Å². The summed E-state index contributed by atoms with van der Waals surface area (Å²) in [5.74, 6) is 1.56. The van der Waals surface area contributed by atoms with Crippen molar-refractivity contribution in [2.75, 3.05) is 33.0 Å². The highest BCUT2D eigenvalue weighted by atomic mass is 127. The van der Waals surface area contributed by atoms with E-state index in [-0.39, 0.29) is 36.3 Å². The van der Waals surface area contributed by atoms with Gasteiger partial charge in [-0.2, -0.15) is 0 Å². The van der Waals surface area contributed by atoms with Gasteiger partial charge < -0.3 is 15.0 Å². The molecule has 8 heteroatoms. The molecule has 0 aliphatic rings. The van der Waals surface area contributed by atoms with Crippen molar-refractivity contribution in [3.8, 4) is 5.75 Å². The first-order chi connectivity index (χ1) is 11.6. The number of hydrogen-bond donors (Lipinski definition) is 1. The van der Waals surface area contributed by atoms with Gasteiger partial charge in [0.25, 0.3) is 0 Å². The number of methoxy groups -OCH3 is 1. The van der Waals surface area contributed by atoms with E-state index in [9.17, 15) is 8.42 Å². The van der Waals surface area contributed by atoms with Gasteiger partial charge in [-0.1, -0.05) is 12.1 Å². The topological polar surface area (TPSA) is 71.0 Å². The Bertz CT molecular complexity index is 668. The number of guanidine groups is 1. The molecule has 150 valence electrons. The fourth-order valence-electron chi connectivity index (χ4n) is 2.13. The normalized spacial score (nSPS) is 12.3. The van der Waals surface area contributed by atoms with Crippen LogP contribution in [0.2, 0.25) is 0 Å². The molecule has 0 unspecified atom stereocenters. The van der Waals surface area contributed by atoms with Gasteiger partial charge in [0, 0.05) is 20.1 Å². The minimum absolute atomic E-state index is 0. The number of hydrogen-bond acceptors (Lipinski definition) is 4. The Labute approximate surface area is 175 Å². The van der Waals surface area contributed by atoms with Crippen molar-refractivity contribution in [1.82, 2.24) is 10.2 Å². The maximum Gasteiger partial charge on any atom is 0.193 e. The summed E-state index contributed by atoms with van der Waals surface area (Å²) in [7, 11) is 0.408. The molecule has 1 aromatic rings. The molecule has 0 aliphatic carbocycles. The Morgan fingerprint density at radius 3 is 2.27 bits per heavy atom. The average molecular weight is 497 g/mol. The van der Waals surface area contributed by atoms with E-state index in [0.29, 0.717) is 12.5 Å². The summed E-state index contributed by atoms with van der Waals surface area (Å²) in [4.78, 5) is 6.45. The van der Waals surface area contributed by atoms with Gasteiger partial charge in [0.15, 0.2) is 15.8 Å². The van der Waals surface area contributed by atoms with E-state index in [1.807, 2.05) is 43.1 Å². The zero-order chi connectivity index (χ0) is 19.1. The Kier molecular flexibility index (Phi) is 10.5. The van der Waals surface area contributed by atoms with Crippen LogP contribution in [-0.2, 0) is 16.4 Å². The molecule has 1 N–H and O–H groups in total. The van der Waals surface area contributed by atoms with Gasteiger partial charge in [-0.3, -0.25) is 4.99 Å². The molecule has 0 spiro atoms. The fourth-order valence-corrected chi connectivity index (χ4v) is 3.07. The number of rotatable bonds is 7. The summed E-state index contributed by atoms with van der Waals surface area (Å²) in [6.07, 6.45) is 0. The number of nitrogens with one attached hydrogen (secondary N) is 1. The van der Waals surface area contributed by atoms with Crippen LogP contribution < -0.4 is 10.1 Å². The van der Waals surface area contributed by atoms with Crippen LogP contribution in [0.3, 0.4) is 0 Å². The van der Waals surface area contributed by atoms with Gasteiger partial charge in [0.2, 0.25) is 0 Å². The lowest BCUT2D eigenvalue weighted by atomic mass is 10.2. The van der Waals surface area contributed by atoms with Crippen LogP contribution in [0.1, 0.15) is 33.3 Å². The van der Waals surface area contributed by atoms with E-state index < -0.39 is 14.6 Å². The molecule has 1 rings (SSSR count). The first kappa shape index (κ1) is 25.0. The summed E-state index contributed by atoms with van der Waals surface area (Å²) >= 11 is 0. The second-order valence-corrected chi connectivity index (χ2v) is 9.73. The lowest BCUT2D eigenvalue weighted by molar-refractivity contribution is 0.414. The number of sulfone groups is 1. The minimum Gasteiger partial charge on any atom is -0.497 e. The predicted molar refractivity (Wildman–Crippen MR) is 119 cm³/mol. The molecule has 1 aromatic carbocycles. The molecule has 0 aliphatic heterocycles. The lowest BCUT2D eigenvalue weighted by Crippen LogP contribution is -2.39. The Morgan fingerprint density at radius 1 is 1.23 bits per heavy atom. The van der Waals surface area contributed by atoms with Crippen LogP contribution in [0.15, 0.2) is 29.3 Å². The first-order valence-corrected chi connectivity index (χ1v) is 10.1. The molecule has 0 fully saturated rings. The fraction of sp³-hybridized carbons (Fsp3) is 0.611. The predicted octanol–water partition coefficient (Wildman–Crippen LogP) is 2.92. The van der Waals surface area contributed by atoms with Gasteiger partial charge in [0.1, 0.15) is 5.75 Å². The van der Waals surface area contributed by atoms with Gasteiger partial charge in [-0.05, 0) is 45.4 Å². The number of aliphatic imine (C=N–C) groups is 1. The van der Waals surface area contributed by atoms with Crippen molar-refractivity contribution in [3.05, 3.63) is 29.8 Å². The highest BCUT2D eigenvalue weighted by Crippen LogP contribution is 2.16. The van der Waals surface area contributed by atoms with Crippen LogP contribution in [0.4, 0.5) is 0 Å². The van der Waals surface area contributed by atoms with E-state index in [0.717, 1.165) is 17.9 Å². The maximum absolute atomic E-state index is 12.2. The zero-order valence-electron chi connectivity index (χ0n) is 16.6. The molecular formula is C18H32IN3O3S. The van der Waals surface area contributed by atoms with Crippen LogP contribution in [0.5, 0.6) is 5.75 Å². The van der Waals surface area contributed by atoms with E-state index in [2.05, 4.69) is 10.3 Å². The van der Waals surface area contributed by atoms with Gasteiger partial charge in [-0.25, -0.2) is 8.42 Å².